The highest BCUT2D eigenvalue weighted by atomic mass is 32.2. The highest BCUT2D eigenvalue weighted by Gasteiger charge is 2.32. The van der Waals surface area contributed by atoms with Gasteiger partial charge in [-0.1, -0.05) is 77.6 Å². The first-order chi connectivity index (χ1) is 15.7. The Balaban J connectivity index is 1.46. The van der Waals surface area contributed by atoms with Gasteiger partial charge in [-0.2, -0.15) is 0 Å². The Morgan fingerprint density at radius 1 is 1.12 bits per heavy atom. The molecular formula is C24H23N5O2S. The van der Waals surface area contributed by atoms with Crippen LogP contribution in [0.25, 0.3) is 0 Å². The summed E-state index contributed by atoms with van der Waals surface area (Å²) in [6.07, 6.45) is 2.26. The quantitative estimate of drug-likeness (QED) is 0.385. The van der Waals surface area contributed by atoms with Gasteiger partial charge in [0.25, 0.3) is 0 Å². The van der Waals surface area contributed by atoms with Crippen molar-refractivity contribution in [1.29, 1.82) is 0 Å². The third-order valence-electron chi connectivity index (χ3n) is 5.31. The van der Waals surface area contributed by atoms with E-state index in [9.17, 15) is 4.79 Å². The summed E-state index contributed by atoms with van der Waals surface area (Å²) in [5, 5.41) is 16.0. The first-order valence-corrected chi connectivity index (χ1v) is 11.5. The zero-order chi connectivity index (χ0) is 21.9. The maximum atomic E-state index is 13.3. The SMILES string of the molecule is Cc1cc(NC(=O)C(Sc2nnc(C3CC3)n2Cc2ccccc2)c2ccccc2)no1. The molecule has 1 amide bonds. The second-order valence-electron chi connectivity index (χ2n) is 7.91. The number of amides is 1. The van der Waals surface area contributed by atoms with E-state index in [1.54, 1.807) is 13.0 Å². The first-order valence-electron chi connectivity index (χ1n) is 10.6. The zero-order valence-corrected chi connectivity index (χ0v) is 18.5. The second kappa shape index (κ2) is 9.00. The summed E-state index contributed by atoms with van der Waals surface area (Å²) in [4.78, 5) is 13.3. The fraction of sp³-hybridized carbons (Fsp3) is 0.250. The maximum Gasteiger partial charge on any atom is 0.243 e. The van der Waals surface area contributed by atoms with Gasteiger partial charge in [0.05, 0.1) is 6.54 Å². The molecule has 1 unspecified atom stereocenters. The molecule has 2 aromatic heterocycles. The van der Waals surface area contributed by atoms with Crippen LogP contribution in [0.5, 0.6) is 0 Å². The van der Waals surface area contributed by atoms with Crippen molar-refractivity contribution in [3.63, 3.8) is 0 Å². The Hall–Kier alpha value is -3.39. The standard InChI is InChI=1S/C24H23N5O2S/c1-16-14-20(28-31-16)25-23(30)21(18-10-6-3-7-11-18)32-24-27-26-22(19-12-13-19)29(24)15-17-8-4-2-5-9-17/h2-11,14,19,21H,12-13,15H2,1H3,(H,25,28,30). The third kappa shape index (κ3) is 4.60. The van der Waals surface area contributed by atoms with Crippen LogP contribution < -0.4 is 5.32 Å². The van der Waals surface area contributed by atoms with Crippen LogP contribution in [0.3, 0.4) is 0 Å². The molecule has 8 heteroatoms. The van der Waals surface area contributed by atoms with Crippen molar-refractivity contribution in [3.05, 3.63) is 89.4 Å². The van der Waals surface area contributed by atoms with Gasteiger partial charge in [-0.25, -0.2) is 0 Å². The molecule has 0 spiro atoms. The number of carbonyl (C=O) groups is 1. The molecule has 162 valence electrons. The van der Waals surface area contributed by atoms with Gasteiger partial charge >= 0.3 is 0 Å². The van der Waals surface area contributed by atoms with Crippen LogP contribution in [-0.2, 0) is 11.3 Å². The molecule has 7 nitrogen and oxygen atoms in total. The van der Waals surface area contributed by atoms with E-state index in [0.29, 0.717) is 24.0 Å². The summed E-state index contributed by atoms with van der Waals surface area (Å²) in [5.41, 5.74) is 2.06. The van der Waals surface area contributed by atoms with Crippen molar-refractivity contribution in [2.45, 2.75) is 42.6 Å². The molecule has 2 aromatic carbocycles. The van der Waals surface area contributed by atoms with Crippen molar-refractivity contribution in [2.24, 2.45) is 0 Å². The minimum absolute atomic E-state index is 0.184. The summed E-state index contributed by atoms with van der Waals surface area (Å²) in [6.45, 7) is 2.46. The first kappa shape index (κ1) is 20.5. The predicted octanol–water partition coefficient (Wildman–Crippen LogP) is 4.97. The smallest absolute Gasteiger partial charge is 0.243 e. The molecule has 0 saturated heterocycles. The molecule has 0 radical (unpaired) electrons. The number of aryl methyl sites for hydroxylation is 1. The molecule has 1 saturated carbocycles. The van der Waals surface area contributed by atoms with Gasteiger partial charge in [-0.05, 0) is 30.9 Å². The van der Waals surface area contributed by atoms with Gasteiger partial charge < -0.3 is 14.4 Å². The van der Waals surface area contributed by atoms with Crippen LogP contribution >= 0.6 is 11.8 Å². The number of anilines is 1. The topological polar surface area (TPSA) is 85.8 Å². The minimum Gasteiger partial charge on any atom is -0.360 e. The summed E-state index contributed by atoms with van der Waals surface area (Å²) in [5.74, 6) is 2.30. The van der Waals surface area contributed by atoms with E-state index >= 15 is 0 Å². The lowest BCUT2D eigenvalue weighted by atomic mass is 10.1. The van der Waals surface area contributed by atoms with Crippen molar-refractivity contribution < 1.29 is 9.32 Å². The van der Waals surface area contributed by atoms with Crippen LogP contribution in [0.15, 0.2) is 76.4 Å². The van der Waals surface area contributed by atoms with Crippen LogP contribution in [-0.4, -0.2) is 25.8 Å². The van der Waals surface area contributed by atoms with Crippen LogP contribution in [0.4, 0.5) is 5.82 Å². The van der Waals surface area contributed by atoms with E-state index in [-0.39, 0.29) is 5.91 Å². The molecular weight excluding hydrogens is 422 g/mol. The van der Waals surface area contributed by atoms with Crippen LogP contribution in [0.1, 0.15) is 46.7 Å². The van der Waals surface area contributed by atoms with Crippen LogP contribution in [0, 0.1) is 6.92 Å². The lowest BCUT2D eigenvalue weighted by molar-refractivity contribution is -0.115. The highest BCUT2D eigenvalue weighted by Crippen LogP contribution is 2.42. The van der Waals surface area contributed by atoms with Gasteiger partial charge in [0, 0.05) is 12.0 Å². The number of benzene rings is 2. The fourth-order valence-corrected chi connectivity index (χ4v) is 4.61. The van der Waals surface area contributed by atoms with Gasteiger partial charge in [-0.15, -0.1) is 10.2 Å². The fourth-order valence-electron chi connectivity index (χ4n) is 3.57. The second-order valence-corrected chi connectivity index (χ2v) is 8.98. The van der Waals surface area contributed by atoms with Crippen LogP contribution in [0.2, 0.25) is 0 Å². The van der Waals surface area contributed by atoms with Crippen molar-refractivity contribution in [1.82, 2.24) is 19.9 Å². The molecule has 1 aliphatic rings. The van der Waals surface area contributed by atoms with E-state index in [0.717, 1.165) is 29.4 Å². The lowest BCUT2D eigenvalue weighted by Gasteiger charge is -2.17. The summed E-state index contributed by atoms with van der Waals surface area (Å²) in [7, 11) is 0. The monoisotopic (exact) mass is 445 g/mol. The zero-order valence-electron chi connectivity index (χ0n) is 17.6. The Morgan fingerprint density at radius 2 is 1.84 bits per heavy atom. The average Bonchev–Trinajstić information content (AvgIpc) is 3.47. The molecule has 1 fully saturated rings. The highest BCUT2D eigenvalue weighted by molar-refractivity contribution is 8.00. The summed E-state index contributed by atoms with van der Waals surface area (Å²) < 4.78 is 7.25. The minimum atomic E-state index is -0.515. The molecule has 4 aromatic rings. The molecule has 32 heavy (non-hydrogen) atoms. The number of thioether (sulfide) groups is 1. The normalized spacial score (nSPS) is 14.3. The Bertz CT molecular complexity index is 1200. The maximum absolute atomic E-state index is 13.3. The van der Waals surface area contributed by atoms with E-state index in [1.165, 1.54) is 17.3 Å². The predicted molar refractivity (Wildman–Crippen MR) is 122 cm³/mol. The van der Waals surface area contributed by atoms with E-state index in [1.807, 2.05) is 48.5 Å². The third-order valence-corrected chi connectivity index (χ3v) is 6.55. The van der Waals surface area contributed by atoms with E-state index in [2.05, 4.69) is 37.4 Å². The van der Waals surface area contributed by atoms with Gasteiger partial charge in [0.15, 0.2) is 11.0 Å². The lowest BCUT2D eigenvalue weighted by Crippen LogP contribution is -2.20. The number of carbonyl (C=O) groups excluding carboxylic acids is 1. The van der Waals surface area contributed by atoms with Gasteiger partial charge in [0.1, 0.15) is 16.8 Å². The summed E-state index contributed by atoms with van der Waals surface area (Å²) in [6, 6.07) is 21.7. The molecule has 1 N–H and O–H groups in total. The molecule has 1 atom stereocenters. The Morgan fingerprint density at radius 3 is 2.50 bits per heavy atom. The molecule has 0 aliphatic heterocycles. The number of hydrogen-bond donors (Lipinski definition) is 1. The number of hydrogen-bond acceptors (Lipinski definition) is 6. The molecule has 1 aliphatic carbocycles. The van der Waals surface area contributed by atoms with E-state index in [4.69, 9.17) is 4.52 Å². The van der Waals surface area contributed by atoms with Crippen molar-refractivity contribution in [2.75, 3.05) is 5.32 Å². The number of nitrogens with zero attached hydrogens (tertiary/aromatic N) is 4. The largest absolute Gasteiger partial charge is 0.360 e. The average molecular weight is 446 g/mol. The Labute approximate surface area is 190 Å². The molecule has 2 heterocycles. The molecule has 0 bridgehead atoms. The van der Waals surface area contributed by atoms with Gasteiger partial charge in [0.2, 0.25) is 5.91 Å². The number of nitrogens with one attached hydrogen (secondary N) is 1. The summed E-state index contributed by atoms with van der Waals surface area (Å²) >= 11 is 1.41. The van der Waals surface area contributed by atoms with Crippen molar-refractivity contribution in [3.8, 4) is 0 Å². The van der Waals surface area contributed by atoms with Gasteiger partial charge in [-0.3, -0.25) is 4.79 Å². The number of rotatable bonds is 8. The van der Waals surface area contributed by atoms with Crippen molar-refractivity contribution >= 4 is 23.5 Å². The molecule has 5 rings (SSSR count). The van der Waals surface area contributed by atoms with E-state index < -0.39 is 5.25 Å². The number of aromatic nitrogens is 4. The Kier molecular flexibility index (Phi) is 5.77.